The highest BCUT2D eigenvalue weighted by molar-refractivity contribution is 5.95. The highest BCUT2D eigenvalue weighted by Crippen LogP contribution is 2.37. The number of methoxy groups -OCH3 is 2. The Hall–Kier alpha value is -4.08. The first kappa shape index (κ1) is 23.1. The Kier molecular flexibility index (Phi) is 6.40. The molecule has 10 nitrogen and oxygen atoms in total. The number of nitro groups is 1. The molecule has 0 radical (unpaired) electrons. The molecule has 2 aromatic carbocycles. The van der Waals surface area contributed by atoms with Crippen LogP contribution in [0.1, 0.15) is 18.4 Å². The number of hydrogen-bond donors (Lipinski definition) is 1. The average Bonchev–Trinajstić information content (AvgIpc) is 3.17. The van der Waals surface area contributed by atoms with Crippen LogP contribution in [0.3, 0.4) is 0 Å². The van der Waals surface area contributed by atoms with E-state index in [-0.39, 0.29) is 28.8 Å². The van der Waals surface area contributed by atoms with E-state index >= 15 is 0 Å². The van der Waals surface area contributed by atoms with Crippen molar-refractivity contribution in [2.24, 2.45) is 0 Å². The predicted molar refractivity (Wildman–Crippen MR) is 126 cm³/mol. The second-order valence-corrected chi connectivity index (χ2v) is 8.14. The molecule has 0 atom stereocenters. The van der Waals surface area contributed by atoms with Crippen molar-refractivity contribution >= 4 is 29.3 Å². The van der Waals surface area contributed by atoms with E-state index in [0.717, 1.165) is 5.69 Å². The molecule has 0 aromatic heterocycles. The van der Waals surface area contributed by atoms with Crippen LogP contribution in [0.4, 0.5) is 11.4 Å². The number of benzene rings is 2. The first-order valence-corrected chi connectivity index (χ1v) is 10.9. The summed E-state index contributed by atoms with van der Waals surface area (Å²) in [4.78, 5) is 40.3. The minimum Gasteiger partial charge on any atom is -0.493 e. The number of anilines is 1. The van der Waals surface area contributed by atoms with Crippen molar-refractivity contribution in [3.8, 4) is 11.5 Å². The molecule has 2 aliphatic rings. The van der Waals surface area contributed by atoms with Gasteiger partial charge in [-0.2, -0.15) is 0 Å². The van der Waals surface area contributed by atoms with Gasteiger partial charge in [0.15, 0.2) is 11.5 Å². The van der Waals surface area contributed by atoms with Crippen molar-refractivity contribution in [2.45, 2.75) is 18.4 Å². The number of nitrogens with one attached hydrogen (secondary N) is 1. The van der Waals surface area contributed by atoms with Gasteiger partial charge in [-0.05, 0) is 37.1 Å². The summed E-state index contributed by atoms with van der Waals surface area (Å²) in [6.07, 6.45) is 3.70. The summed E-state index contributed by atoms with van der Waals surface area (Å²) in [6.45, 7) is 1.22. The molecule has 10 heteroatoms. The molecule has 2 aromatic rings. The molecule has 1 N–H and O–H groups in total. The summed E-state index contributed by atoms with van der Waals surface area (Å²) in [5, 5.41) is 14.4. The Labute approximate surface area is 196 Å². The third kappa shape index (κ3) is 4.14. The highest BCUT2D eigenvalue weighted by atomic mass is 16.6. The van der Waals surface area contributed by atoms with Gasteiger partial charge < -0.3 is 24.6 Å². The lowest BCUT2D eigenvalue weighted by molar-refractivity contribution is -0.385. The van der Waals surface area contributed by atoms with Crippen molar-refractivity contribution in [3.05, 3.63) is 64.2 Å². The average molecular weight is 466 g/mol. The fourth-order valence-electron chi connectivity index (χ4n) is 4.57. The number of likely N-dealkylation sites (tertiary alicyclic amines) is 1. The summed E-state index contributed by atoms with van der Waals surface area (Å²) in [5.74, 6) is 0.258. The zero-order valence-electron chi connectivity index (χ0n) is 19.0. The van der Waals surface area contributed by atoms with Crippen molar-refractivity contribution in [1.82, 2.24) is 10.2 Å². The van der Waals surface area contributed by atoms with E-state index in [4.69, 9.17) is 9.47 Å². The van der Waals surface area contributed by atoms with Crippen LogP contribution in [0, 0.1) is 10.1 Å². The normalized spacial score (nSPS) is 17.2. The van der Waals surface area contributed by atoms with E-state index in [1.165, 1.54) is 38.5 Å². The van der Waals surface area contributed by atoms with Crippen LogP contribution >= 0.6 is 0 Å². The molecule has 0 bridgehead atoms. The largest absolute Gasteiger partial charge is 0.493 e. The van der Waals surface area contributed by atoms with E-state index < -0.39 is 10.5 Å². The smallest absolute Gasteiger partial charge is 0.280 e. The number of carbonyl (C=O) groups is 2. The maximum Gasteiger partial charge on any atom is 0.280 e. The van der Waals surface area contributed by atoms with Crippen LogP contribution in [0.2, 0.25) is 0 Å². The van der Waals surface area contributed by atoms with E-state index in [1.54, 1.807) is 4.90 Å². The molecule has 0 unspecified atom stereocenters. The second-order valence-electron chi connectivity index (χ2n) is 8.14. The lowest BCUT2D eigenvalue weighted by atomic mass is 9.85. The minimum atomic E-state index is -0.690. The monoisotopic (exact) mass is 466 g/mol. The molecule has 2 amide bonds. The quantitative estimate of drug-likeness (QED) is 0.395. The molecule has 178 valence electrons. The van der Waals surface area contributed by atoms with Crippen LogP contribution in [0.5, 0.6) is 11.5 Å². The summed E-state index contributed by atoms with van der Waals surface area (Å²) >= 11 is 0. The lowest BCUT2D eigenvalue weighted by Gasteiger charge is -2.43. The molecular weight excluding hydrogens is 440 g/mol. The van der Waals surface area contributed by atoms with Crippen molar-refractivity contribution < 1.29 is 24.0 Å². The maximum atomic E-state index is 12.9. The molecule has 4 rings (SSSR count). The number of nitro benzene ring substituents is 1. The van der Waals surface area contributed by atoms with Crippen LogP contribution < -0.4 is 19.7 Å². The Morgan fingerprint density at radius 2 is 1.76 bits per heavy atom. The summed E-state index contributed by atoms with van der Waals surface area (Å²) in [5.41, 5.74) is 0.306. The van der Waals surface area contributed by atoms with E-state index in [9.17, 15) is 19.7 Å². The van der Waals surface area contributed by atoms with Gasteiger partial charge in [0.25, 0.3) is 5.69 Å². The van der Waals surface area contributed by atoms with E-state index in [0.29, 0.717) is 38.3 Å². The first-order chi connectivity index (χ1) is 16.4. The zero-order chi connectivity index (χ0) is 24.3. The van der Waals surface area contributed by atoms with Gasteiger partial charge in [-0.3, -0.25) is 19.7 Å². The number of ether oxygens (including phenoxy) is 2. The number of rotatable bonds is 6. The molecule has 1 spiro atoms. The summed E-state index contributed by atoms with van der Waals surface area (Å²) in [6, 6.07) is 12.5. The fourth-order valence-corrected chi connectivity index (χ4v) is 4.57. The number of amides is 2. The highest BCUT2D eigenvalue weighted by Gasteiger charge is 2.50. The summed E-state index contributed by atoms with van der Waals surface area (Å²) < 4.78 is 10.4. The maximum absolute atomic E-state index is 12.9. The van der Waals surface area contributed by atoms with Gasteiger partial charge in [0, 0.05) is 24.9 Å². The fraction of sp³-hybridized carbons (Fsp3) is 0.333. The molecule has 2 aliphatic heterocycles. The Morgan fingerprint density at radius 3 is 2.38 bits per heavy atom. The van der Waals surface area contributed by atoms with E-state index in [1.807, 2.05) is 30.3 Å². The number of hydrogen-bond acceptors (Lipinski definition) is 7. The number of nitrogens with zero attached hydrogens (tertiary/aromatic N) is 3. The molecular formula is C24H26N4O6. The molecule has 2 fully saturated rings. The van der Waals surface area contributed by atoms with Gasteiger partial charge in [0.05, 0.1) is 37.4 Å². The Balaban J connectivity index is 1.49. The predicted octanol–water partition coefficient (Wildman–Crippen LogP) is 2.58. The van der Waals surface area contributed by atoms with Gasteiger partial charge in [0.2, 0.25) is 11.8 Å². The van der Waals surface area contributed by atoms with E-state index in [2.05, 4.69) is 10.2 Å². The van der Waals surface area contributed by atoms with Gasteiger partial charge >= 0.3 is 0 Å². The number of piperidine rings is 1. The van der Waals surface area contributed by atoms with Gasteiger partial charge in [0.1, 0.15) is 5.54 Å². The second kappa shape index (κ2) is 9.42. The first-order valence-electron chi connectivity index (χ1n) is 10.9. The third-order valence-corrected chi connectivity index (χ3v) is 6.44. The molecule has 0 saturated carbocycles. The van der Waals surface area contributed by atoms with Crippen LogP contribution in [0.15, 0.2) is 48.5 Å². The van der Waals surface area contributed by atoms with Gasteiger partial charge in [-0.15, -0.1) is 0 Å². The zero-order valence-corrected chi connectivity index (χ0v) is 19.0. The lowest BCUT2D eigenvalue weighted by Crippen LogP contribution is -2.57. The van der Waals surface area contributed by atoms with Crippen molar-refractivity contribution in [1.29, 1.82) is 0 Å². The number of carbonyl (C=O) groups excluding carboxylic acids is 2. The van der Waals surface area contributed by atoms with Crippen molar-refractivity contribution in [3.63, 3.8) is 0 Å². The minimum absolute atomic E-state index is 0.0278. The number of para-hydroxylation sites is 1. The molecule has 0 aliphatic carbocycles. The van der Waals surface area contributed by atoms with Crippen LogP contribution in [0.25, 0.3) is 6.08 Å². The molecule has 2 heterocycles. The Morgan fingerprint density at radius 1 is 1.12 bits per heavy atom. The topological polar surface area (TPSA) is 114 Å². The van der Waals surface area contributed by atoms with Crippen LogP contribution in [-0.4, -0.2) is 61.2 Å². The van der Waals surface area contributed by atoms with Gasteiger partial charge in [-0.1, -0.05) is 18.2 Å². The molecule has 2 saturated heterocycles. The third-order valence-electron chi connectivity index (χ3n) is 6.44. The van der Waals surface area contributed by atoms with Crippen molar-refractivity contribution in [2.75, 3.05) is 38.9 Å². The summed E-state index contributed by atoms with van der Waals surface area (Å²) in [7, 11) is 2.83. The molecule has 34 heavy (non-hydrogen) atoms. The van der Waals surface area contributed by atoms with Crippen LogP contribution in [-0.2, 0) is 9.59 Å². The Bertz CT molecular complexity index is 1130. The SMILES string of the molecule is COc1cc(/C=C/C(=O)N2CCC3(CC2)C(=O)NCN3c2ccccc2)c([N+](=O)[O-])cc1OC. The van der Waals surface area contributed by atoms with Gasteiger partial charge in [-0.25, -0.2) is 0 Å². The standard InChI is InChI=1S/C24H26N4O6/c1-33-20-14-17(19(28(31)32)15-21(20)34-2)8-9-22(29)26-12-10-24(11-13-26)23(30)25-16-27(24)18-6-4-3-5-7-18/h3-9,14-15H,10-13,16H2,1-2H3,(H,25,30)/b9-8+.